The molecule has 0 saturated carbocycles. The summed E-state index contributed by atoms with van der Waals surface area (Å²) in [6, 6.07) is 6.85. The lowest BCUT2D eigenvalue weighted by Crippen LogP contribution is -2.22. The molecule has 2 rings (SSSR count). The van der Waals surface area contributed by atoms with Gasteiger partial charge in [-0.3, -0.25) is 9.36 Å². The van der Waals surface area contributed by atoms with Crippen molar-refractivity contribution in [3.05, 3.63) is 52.2 Å². The van der Waals surface area contributed by atoms with Gasteiger partial charge in [-0.2, -0.15) is 0 Å². The second-order valence-electron chi connectivity index (χ2n) is 4.72. The van der Waals surface area contributed by atoms with Crippen LogP contribution in [0.3, 0.4) is 0 Å². The third-order valence-electron chi connectivity index (χ3n) is 3.31. The average Bonchev–Trinajstić information content (AvgIpc) is 2.65. The Balaban J connectivity index is 2.42. The third-order valence-corrected chi connectivity index (χ3v) is 3.31. The summed E-state index contributed by atoms with van der Waals surface area (Å²) in [5.74, 6) is -1.68. The fourth-order valence-electron chi connectivity index (χ4n) is 2.25. The zero-order valence-corrected chi connectivity index (χ0v) is 11.4. The van der Waals surface area contributed by atoms with E-state index in [-0.39, 0.29) is 12.2 Å². The number of hydrogen-bond donors (Lipinski definition) is 2. The van der Waals surface area contributed by atoms with Gasteiger partial charge >= 0.3 is 11.7 Å². The minimum atomic E-state index is -0.951. The van der Waals surface area contributed by atoms with Gasteiger partial charge in [0.2, 0.25) is 0 Å². The highest BCUT2D eigenvalue weighted by atomic mass is 16.4. The number of carboxylic acids is 1. The number of nitrogens with two attached hydrogens (primary N) is 1. The number of carbonyl (C=O) groups is 1. The van der Waals surface area contributed by atoms with Crippen LogP contribution in [0.4, 0.5) is 0 Å². The molecule has 0 aliphatic heterocycles. The quantitative estimate of drug-likeness (QED) is 0.855. The smallest absolute Gasteiger partial charge is 0.332 e. The van der Waals surface area contributed by atoms with Crippen LogP contribution in [0.1, 0.15) is 17.2 Å². The number of hydrogen-bond acceptors (Lipinski definition) is 3. The normalized spacial score (nSPS) is 12.3. The van der Waals surface area contributed by atoms with Gasteiger partial charge in [0, 0.05) is 25.5 Å². The Morgan fingerprint density at radius 1 is 1.35 bits per heavy atom. The molecule has 3 N–H and O–H groups in total. The molecule has 6 heteroatoms. The van der Waals surface area contributed by atoms with Crippen LogP contribution in [0, 0.1) is 6.92 Å². The second kappa shape index (κ2) is 5.34. The van der Waals surface area contributed by atoms with Crippen molar-refractivity contribution in [1.29, 1.82) is 0 Å². The van der Waals surface area contributed by atoms with Gasteiger partial charge in [-0.25, -0.2) is 4.79 Å². The third kappa shape index (κ3) is 2.37. The number of carboxylic acid groups (broad SMARTS) is 1. The Morgan fingerprint density at radius 2 is 1.95 bits per heavy atom. The predicted octanol–water partition coefficient (Wildman–Crippen LogP) is 0.611. The highest BCUT2D eigenvalue weighted by Gasteiger charge is 2.18. The molecule has 0 saturated heterocycles. The molecule has 0 radical (unpaired) electrons. The monoisotopic (exact) mass is 275 g/mol. The van der Waals surface area contributed by atoms with Crippen LogP contribution in [0.15, 0.2) is 35.3 Å². The first-order valence-corrected chi connectivity index (χ1v) is 6.24. The van der Waals surface area contributed by atoms with Crippen molar-refractivity contribution in [2.75, 3.05) is 6.54 Å². The van der Waals surface area contributed by atoms with E-state index in [0.717, 1.165) is 5.69 Å². The van der Waals surface area contributed by atoms with E-state index in [1.165, 1.54) is 4.57 Å². The van der Waals surface area contributed by atoms with Crippen LogP contribution in [-0.4, -0.2) is 26.8 Å². The van der Waals surface area contributed by atoms with Crippen LogP contribution < -0.4 is 11.4 Å². The van der Waals surface area contributed by atoms with E-state index in [1.54, 1.807) is 42.1 Å². The van der Waals surface area contributed by atoms with Crippen LogP contribution >= 0.6 is 0 Å². The lowest BCUT2D eigenvalue weighted by Gasteiger charge is -2.11. The first-order valence-electron chi connectivity index (χ1n) is 6.24. The molecule has 1 aromatic heterocycles. The van der Waals surface area contributed by atoms with Gasteiger partial charge in [-0.1, -0.05) is 12.1 Å². The predicted molar refractivity (Wildman–Crippen MR) is 75.2 cm³/mol. The van der Waals surface area contributed by atoms with Crippen molar-refractivity contribution in [1.82, 2.24) is 9.13 Å². The molecule has 0 bridgehead atoms. The molecule has 0 aliphatic carbocycles. The molecular weight excluding hydrogens is 258 g/mol. The number of aryl methyl sites for hydroxylation is 2. The largest absolute Gasteiger partial charge is 0.481 e. The van der Waals surface area contributed by atoms with Crippen molar-refractivity contribution in [3.8, 4) is 5.69 Å². The van der Waals surface area contributed by atoms with Gasteiger partial charge in [-0.05, 0) is 24.6 Å². The number of imidazole rings is 1. The molecule has 2 aromatic rings. The summed E-state index contributed by atoms with van der Waals surface area (Å²) in [4.78, 5) is 23.0. The summed E-state index contributed by atoms with van der Waals surface area (Å²) in [7, 11) is 1.69. The van der Waals surface area contributed by atoms with Gasteiger partial charge in [0.05, 0.1) is 11.6 Å². The standard InChI is InChI=1S/C14H17N3O3/c1-9-8-16(2)14(20)17(9)11-5-3-10(4-6-11)12(7-15)13(18)19/h3-6,8,12H,7,15H2,1-2H3,(H,18,19). The van der Waals surface area contributed by atoms with Crippen molar-refractivity contribution in [2.45, 2.75) is 12.8 Å². The highest BCUT2D eigenvalue weighted by Crippen LogP contribution is 2.17. The Morgan fingerprint density at radius 3 is 2.35 bits per heavy atom. The number of rotatable bonds is 4. The summed E-state index contributed by atoms with van der Waals surface area (Å²) >= 11 is 0. The maximum atomic E-state index is 12.0. The zero-order valence-electron chi connectivity index (χ0n) is 11.4. The maximum Gasteiger partial charge on any atom is 0.332 e. The molecule has 1 unspecified atom stereocenters. The SMILES string of the molecule is Cc1cn(C)c(=O)n1-c1ccc(C(CN)C(=O)O)cc1. The zero-order chi connectivity index (χ0) is 14.9. The molecule has 1 heterocycles. The molecule has 1 aromatic carbocycles. The number of nitrogens with zero attached hydrogens (tertiary/aromatic N) is 2. The summed E-state index contributed by atoms with van der Waals surface area (Å²) < 4.78 is 3.07. The first-order chi connectivity index (χ1) is 9.45. The molecule has 20 heavy (non-hydrogen) atoms. The molecule has 6 nitrogen and oxygen atoms in total. The molecule has 0 aliphatic rings. The van der Waals surface area contributed by atoms with Crippen molar-refractivity contribution < 1.29 is 9.90 Å². The number of aromatic nitrogens is 2. The Bertz CT molecular complexity index is 683. The van der Waals surface area contributed by atoms with E-state index < -0.39 is 11.9 Å². The van der Waals surface area contributed by atoms with E-state index in [0.29, 0.717) is 11.3 Å². The van der Waals surface area contributed by atoms with Gasteiger partial charge < -0.3 is 15.4 Å². The fourth-order valence-corrected chi connectivity index (χ4v) is 2.25. The summed E-state index contributed by atoms with van der Waals surface area (Å²) in [6.45, 7) is 1.88. The van der Waals surface area contributed by atoms with Gasteiger partial charge in [-0.15, -0.1) is 0 Å². The van der Waals surface area contributed by atoms with E-state index in [4.69, 9.17) is 10.8 Å². The minimum Gasteiger partial charge on any atom is -0.481 e. The first kappa shape index (κ1) is 14.1. The van der Waals surface area contributed by atoms with Crippen LogP contribution in [0.25, 0.3) is 5.69 Å². The van der Waals surface area contributed by atoms with E-state index in [9.17, 15) is 9.59 Å². The molecule has 1 atom stereocenters. The van der Waals surface area contributed by atoms with E-state index in [1.807, 2.05) is 6.92 Å². The minimum absolute atomic E-state index is 0.0407. The molecular formula is C14H17N3O3. The Labute approximate surface area is 116 Å². The van der Waals surface area contributed by atoms with E-state index >= 15 is 0 Å². The number of aliphatic carboxylic acids is 1. The molecule has 0 amide bonds. The summed E-state index contributed by atoms with van der Waals surface area (Å²) in [6.07, 6.45) is 1.75. The lowest BCUT2D eigenvalue weighted by molar-refractivity contribution is -0.138. The topological polar surface area (TPSA) is 90.3 Å². The van der Waals surface area contributed by atoms with Gasteiger partial charge in [0.25, 0.3) is 0 Å². The number of benzene rings is 1. The van der Waals surface area contributed by atoms with Gasteiger partial charge in [0.1, 0.15) is 0 Å². The molecule has 0 spiro atoms. The van der Waals surface area contributed by atoms with Crippen LogP contribution in [0.5, 0.6) is 0 Å². The van der Waals surface area contributed by atoms with Crippen molar-refractivity contribution in [3.63, 3.8) is 0 Å². The maximum absolute atomic E-state index is 12.0. The van der Waals surface area contributed by atoms with Crippen molar-refractivity contribution in [2.24, 2.45) is 12.8 Å². The Hall–Kier alpha value is -2.34. The van der Waals surface area contributed by atoms with E-state index in [2.05, 4.69) is 0 Å². The fraction of sp³-hybridized carbons (Fsp3) is 0.286. The highest BCUT2D eigenvalue weighted by molar-refractivity contribution is 5.76. The lowest BCUT2D eigenvalue weighted by atomic mass is 9.99. The van der Waals surface area contributed by atoms with Gasteiger partial charge in [0.15, 0.2) is 0 Å². The summed E-state index contributed by atoms with van der Waals surface area (Å²) in [5, 5.41) is 9.07. The van der Waals surface area contributed by atoms with Crippen LogP contribution in [0.2, 0.25) is 0 Å². The van der Waals surface area contributed by atoms with Crippen molar-refractivity contribution >= 4 is 5.97 Å². The second-order valence-corrected chi connectivity index (χ2v) is 4.72. The molecule has 106 valence electrons. The Kier molecular flexibility index (Phi) is 3.76. The average molecular weight is 275 g/mol. The summed E-state index contributed by atoms with van der Waals surface area (Å²) in [5.41, 5.74) is 7.49. The molecule has 0 fully saturated rings. The van der Waals surface area contributed by atoms with Crippen LogP contribution in [-0.2, 0) is 11.8 Å².